The Labute approximate surface area is 112 Å². The van der Waals surface area contributed by atoms with Crippen molar-refractivity contribution in [1.82, 2.24) is 0 Å². The molecule has 11 heteroatoms. The fraction of sp³-hybridized carbons (Fsp3) is 0.300. The van der Waals surface area contributed by atoms with Gasteiger partial charge in [0, 0.05) is 0 Å². The summed E-state index contributed by atoms with van der Waals surface area (Å²) < 4.78 is 80.0. The number of benzene rings is 1. The Kier molecular flexibility index (Phi) is 4.16. The molecule has 0 aliphatic heterocycles. The quantitative estimate of drug-likeness (QED) is 0.363. The van der Waals surface area contributed by atoms with Crippen molar-refractivity contribution in [3.8, 4) is 0 Å². The van der Waals surface area contributed by atoms with Gasteiger partial charge in [-0.1, -0.05) is 0 Å². The van der Waals surface area contributed by atoms with Crippen molar-refractivity contribution in [3.05, 3.63) is 38.9 Å². The minimum Gasteiger partial charge on any atom is -0.465 e. The van der Waals surface area contributed by atoms with Gasteiger partial charge in [-0.2, -0.15) is 26.3 Å². The van der Waals surface area contributed by atoms with E-state index < -0.39 is 45.6 Å². The molecule has 1 rings (SSSR count). The fourth-order valence-corrected chi connectivity index (χ4v) is 1.55. The van der Waals surface area contributed by atoms with Gasteiger partial charge in [-0.3, -0.25) is 10.1 Å². The Morgan fingerprint density at radius 3 is 1.86 bits per heavy atom. The van der Waals surface area contributed by atoms with Crippen LogP contribution in [0.5, 0.6) is 0 Å². The molecular formula is C10H5F6NO4. The number of nitrogens with zero attached hydrogens (tertiary/aromatic N) is 1. The molecule has 21 heavy (non-hydrogen) atoms. The van der Waals surface area contributed by atoms with Gasteiger partial charge in [0.05, 0.1) is 17.6 Å². The molecule has 0 unspecified atom stereocenters. The first-order valence-corrected chi connectivity index (χ1v) is 4.95. The van der Waals surface area contributed by atoms with E-state index in [0.717, 1.165) is 0 Å². The Hall–Kier alpha value is -2.33. The van der Waals surface area contributed by atoms with Gasteiger partial charge in [-0.15, -0.1) is 0 Å². The van der Waals surface area contributed by atoms with Crippen molar-refractivity contribution in [1.29, 1.82) is 0 Å². The molecule has 1 aromatic rings. The number of halogens is 6. The zero-order valence-electron chi connectivity index (χ0n) is 10.0. The molecule has 0 aliphatic rings. The van der Waals surface area contributed by atoms with Crippen LogP contribution in [0.15, 0.2) is 12.1 Å². The Balaban J connectivity index is 3.89. The Morgan fingerprint density at radius 1 is 1.10 bits per heavy atom. The lowest BCUT2D eigenvalue weighted by molar-refractivity contribution is -0.388. The van der Waals surface area contributed by atoms with Gasteiger partial charge >= 0.3 is 18.3 Å². The third kappa shape index (κ3) is 3.23. The van der Waals surface area contributed by atoms with E-state index in [9.17, 15) is 41.3 Å². The average Bonchev–Trinajstić information content (AvgIpc) is 2.33. The maximum absolute atomic E-state index is 12.7. The number of alkyl halides is 6. The maximum atomic E-state index is 12.7. The SMILES string of the molecule is COC(=O)c1c(C(F)(F)F)ccc(C(F)(F)F)c1[N+](=O)[O-]. The number of ether oxygens (including phenoxy) is 1. The second-order valence-electron chi connectivity index (χ2n) is 3.63. The summed E-state index contributed by atoms with van der Waals surface area (Å²) in [6.07, 6.45) is -10.6. The van der Waals surface area contributed by atoms with Crippen molar-refractivity contribution >= 4 is 11.7 Å². The van der Waals surface area contributed by atoms with Crippen molar-refractivity contribution in [3.63, 3.8) is 0 Å². The molecule has 0 bridgehead atoms. The minimum atomic E-state index is -5.31. The molecule has 0 saturated heterocycles. The highest BCUT2D eigenvalue weighted by Crippen LogP contribution is 2.43. The third-order valence-electron chi connectivity index (χ3n) is 2.36. The maximum Gasteiger partial charge on any atom is 0.423 e. The fourth-order valence-electron chi connectivity index (χ4n) is 1.55. The van der Waals surface area contributed by atoms with Crippen molar-refractivity contribution in [2.24, 2.45) is 0 Å². The summed E-state index contributed by atoms with van der Waals surface area (Å²) in [6, 6.07) is -0.157. The van der Waals surface area contributed by atoms with E-state index in [1.165, 1.54) is 0 Å². The summed E-state index contributed by atoms with van der Waals surface area (Å²) in [7, 11) is 0.590. The first-order chi connectivity index (χ1) is 9.41. The predicted octanol–water partition coefficient (Wildman–Crippen LogP) is 3.42. The number of hydrogen-bond donors (Lipinski definition) is 0. The molecule has 0 N–H and O–H groups in total. The molecule has 0 aliphatic carbocycles. The number of nitro benzene ring substituents is 1. The van der Waals surface area contributed by atoms with Crippen molar-refractivity contribution in [2.45, 2.75) is 12.4 Å². The first kappa shape index (κ1) is 16.7. The van der Waals surface area contributed by atoms with Gasteiger partial charge in [0.2, 0.25) is 0 Å². The number of nitro groups is 1. The second-order valence-corrected chi connectivity index (χ2v) is 3.63. The largest absolute Gasteiger partial charge is 0.465 e. The zero-order chi connectivity index (χ0) is 16.6. The third-order valence-corrected chi connectivity index (χ3v) is 2.36. The van der Waals surface area contributed by atoms with Crippen LogP contribution in [0.3, 0.4) is 0 Å². The van der Waals surface area contributed by atoms with Gasteiger partial charge in [0.15, 0.2) is 0 Å². The van der Waals surface area contributed by atoms with Gasteiger partial charge in [-0.25, -0.2) is 4.79 Å². The molecule has 5 nitrogen and oxygen atoms in total. The molecule has 116 valence electrons. The summed E-state index contributed by atoms with van der Waals surface area (Å²) in [5.41, 5.74) is -7.64. The van der Waals surface area contributed by atoms with Gasteiger partial charge in [0.25, 0.3) is 5.69 Å². The molecule has 0 spiro atoms. The van der Waals surface area contributed by atoms with E-state index in [1.54, 1.807) is 0 Å². The summed E-state index contributed by atoms with van der Waals surface area (Å²) in [5, 5.41) is 10.7. The van der Waals surface area contributed by atoms with Crippen LogP contribution < -0.4 is 0 Å². The number of methoxy groups -OCH3 is 1. The van der Waals surface area contributed by atoms with Crippen molar-refractivity contribution < 1.29 is 40.8 Å². The molecule has 0 fully saturated rings. The number of carbonyl (C=O) groups is 1. The molecule has 0 radical (unpaired) electrons. The van der Waals surface area contributed by atoms with Crippen LogP contribution in [0, 0.1) is 10.1 Å². The van der Waals surface area contributed by atoms with Crippen LogP contribution in [-0.4, -0.2) is 18.0 Å². The number of esters is 1. The lowest BCUT2D eigenvalue weighted by Crippen LogP contribution is -2.20. The van der Waals surface area contributed by atoms with E-state index >= 15 is 0 Å². The monoisotopic (exact) mass is 317 g/mol. The molecule has 0 saturated carbocycles. The highest BCUT2D eigenvalue weighted by molar-refractivity contribution is 5.96. The number of hydrogen-bond acceptors (Lipinski definition) is 4. The first-order valence-electron chi connectivity index (χ1n) is 4.95. The Bertz CT molecular complexity index is 592. The lowest BCUT2D eigenvalue weighted by Gasteiger charge is -2.15. The summed E-state index contributed by atoms with van der Waals surface area (Å²) in [6.45, 7) is 0. The van der Waals surface area contributed by atoms with Gasteiger partial charge in [-0.05, 0) is 12.1 Å². The molecule has 0 aromatic heterocycles. The normalized spacial score (nSPS) is 12.1. The second kappa shape index (κ2) is 5.22. The van der Waals surface area contributed by atoms with Crippen LogP contribution in [0.4, 0.5) is 32.0 Å². The van der Waals surface area contributed by atoms with E-state index in [2.05, 4.69) is 4.74 Å². The minimum absolute atomic E-state index is 0.0535. The predicted molar refractivity (Wildman–Crippen MR) is 54.4 cm³/mol. The summed E-state index contributed by atoms with van der Waals surface area (Å²) in [5.74, 6) is -1.89. The standard InChI is InChI=1S/C10H5F6NO4/c1-21-8(18)6-4(9(11,12)13)2-3-5(10(14,15)16)7(6)17(19)20/h2-3H,1H3. The van der Waals surface area contributed by atoms with Crippen LogP contribution >= 0.6 is 0 Å². The van der Waals surface area contributed by atoms with Crippen LogP contribution in [0.25, 0.3) is 0 Å². The van der Waals surface area contributed by atoms with E-state index in [4.69, 9.17) is 0 Å². The summed E-state index contributed by atoms with van der Waals surface area (Å²) in [4.78, 5) is 20.3. The molecule has 0 atom stereocenters. The van der Waals surface area contributed by atoms with Crippen LogP contribution in [0.2, 0.25) is 0 Å². The Morgan fingerprint density at radius 2 is 1.52 bits per heavy atom. The highest BCUT2D eigenvalue weighted by Gasteiger charge is 2.46. The molecule has 0 amide bonds. The number of rotatable bonds is 2. The highest BCUT2D eigenvalue weighted by atomic mass is 19.4. The van der Waals surface area contributed by atoms with Crippen LogP contribution in [-0.2, 0) is 17.1 Å². The van der Waals surface area contributed by atoms with Crippen molar-refractivity contribution in [2.75, 3.05) is 7.11 Å². The summed E-state index contributed by atoms with van der Waals surface area (Å²) >= 11 is 0. The van der Waals surface area contributed by atoms with E-state index in [-0.39, 0.29) is 12.1 Å². The van der Waals surface area contributed by atoms with Gasteiger partial charge in [0.1, 0.15) is 11.1 Å². The van der Waals surface area contributed by atoms with E-state index in [0.29, 0.717) is 7.11 Å². The average molecular weight is 317 g/mol. The lowest BCUT2D eigenvalue weighted by atomic mass is 10.00. The topological polar surface area (TPSA) is 69.4 Å². The van der Waals surface area contributed by atoms with E-state index in [1.807, 2.05) is 0 Å². The molecule has 0 heterocycles. The molecule has 1 aromatic carbocycles. The van der Waals surface area contributed by atoms with Crippen LogP contribution in [0.1, 0.15) is 21.5 Å². The smallest absolute Gasteiger partial charge is 0.423 e. The van der Waals surface area contributed by atoms with Gasteiger partial charge < -0.3 is 4.74 Å². The molecular weight excluding hydrogens is 312 g/mol. The number of carbonyl (C=O) groups excluding carboxylic acids is 1. The zero-order valence-corrected chi connectivity index (χ0v) is 10.0.